The van der Waals surface area contributed by atoms with Crippen LogP contribution in [0.5, 0.6) is 5.75 Å². The number of ether oxygens (including phenoxy) is 2. The highest BCUT2D eigenvalue weighted by atomic mass is 16.5. The number of nitrogens with zero attached hydrogens (tertiary/aromatic N) is 1. The van der Waals surface area contributed by atoms with Crippen molar-refractivity contribution >= 4 is 5.97 Å². The first-order valence-electron chi connectivity index (χ1n) is 7.84. The van der Waals surface area contributed by atoms with Gasteiger partial charge in [-0.25, -0.2) is 0 Å². The molecule has 0 atom stereocenters. The monoisotopic (exact) mass is 291 g/mol. The number of esters is 1. The molecular formula is C17H25NO3. The Kier molecular flexibility index (Phi) is 6.05. The zero-order valence-electron chi connectivity index (χ0n) is 13.0. The van der Waals surface area contributed by atoms with Crippen LogP contribution in [0.25, 0.3) is 0 Å². The van der Waals surface area contributed by atoms with Gasteiger partial charge in [0.1, 0.15) is 5.75 Å². The Hall–Kier alpha value is -1.55. The molecular weight excluding hydrogens is 266 g/mol. The van der Waals surface area contributed by atoms with E-state index in [9.17, 15) is 4.79 Å². The van der Waals surface area contributed by atoms with E-state index in [0.717, 1.165) is 38.2 Å². The summed E-state index contributed by atoms with van der Waals surface area (Å²) in [6.45, 7) is 7.77. The summed E-state index contributed by atoms with van der Waals surface area (Å²) in [6, 6.07) is 8.18. The molecule has 0 spiro atoms. The van der Waals surface area contributed by atoms with Crippen LogP contribution < -0.4 is 4.74 Å². The zero-order chi connectivity index (χ0) is 15.1. The molecule has 0 unspecified atom stereocenters. The molecule has 21 heavy (non-hydrogen) atoms. The van der Waals surface area contributed by atoms with Gasteiger partial charge < -0.3 is 9.47 Å². The first-order valence-corrected chi connectivity index (χ1v) is 7.84. The third-order valence-electron chi connectivity index (χ3n) is 3.87. The third-order valence-corrected chi connectivity index (χ3v) is 3.87. The third kappa shape index (κ3) is 4.46. The van der Waals surface area contributed by atoms with Gasteiger partial charge in [0.05, 0.1) is 19.1 Å². The molecule has 0 radical (unpaired) electrons. The summed E-state index contributed by atoms with van der Waals surface area (Å²) >= 11 is 0. The van der Waals surface area contributed by atoms with Crippen molar-refractivity contribution in [2.24, 2.45) is 5.92 Å². The predicted octanol–water partition coefficient (Wildman–Crippen LogP) is 2.86. The quantitative estimate of drug-likeness (QED) is 0.756. The summed E-state index contributed by atoms with van der Waals surface area (Å²) in [5, 5.41) is 0. The second kappa shape index (κ2) is 8.03. The molecule has 0 N–H and O–H groups in total. The molecule has 0 amide bonds. The molecule has 1 aromatic carbocycles. The first-order chi connectivity index (χ1) is 10.2. The SMILES string of the molecule is CCOC(=O)C1CCN(Cc2ccccc2OCC)CC1. The summed E-state index contributed by atoms with van der Waals surface area (Å²) in [4.78, 5) is 14.1. The molecule has 1 aliphatic heterocycles. The summed E-state index contributed by atoms with van der Waals surface area (Å²) in [7, 11) is 0. The van der Waals surface area contributed by atoms with Crippen LogP contribution >= 0.6 is 0 Å². The van der Waals surface area contributed by atoms with Crippen LogP contribution in [0.1, 0.15) is 32.3 Å². The minimum absolute atomic E-state index is 0.0353. The topological polar surface area (TPSA) is 38.8 Å². The number of carbonyl (C=O) groups is 1. The Bertz CT molecular complexity index is 453. The van der Waals surface area contributed by atoms with Gasteiger partial charge in [0.25, 0.3) is 0 Å². The van der Waals surface area contributed by atoms with Gasteiger partial charge >= 0.3 is 5.97 Å². The van der Waals surface area contributed by atoms with Crippen molar-refractivity contribution in [3.8, 4) is 5.75 Å². The van der Waals surface area contributed by atoms with Gasteiger partial charge in [-0.3, -0.25) is 9.69 Å². The zero-order valence-corrected chi connectivity index (χ0v) is 13.0. The number of hydrogen-bond acceptors (Lipinski definition) is 4. The Morgan fingerprint density at radius 2 is 1.90 bits per heavy atom. The average molecular weight is 291 g/mol. The van der Waals surface area contributed by atoms with Crippen molar-refractivity contribution in [2.45, 2.75) is 33.2 Å². The lowest BCUT2D eigenvalue weighted by molar-refractivity contribution is -0.149. The van der Waals surface area contributed by atoms with Crippen LogP contribution in [0.3, 0.4) is 0 Å². The van der Waals surface area contributed by atoms with E-state index in [0.29, 0.717) is 13.2 Å². The number of benzene rings is 1. The second-order valence-electron chi connectivity index (χ2n) is 5.34. The van der Waals surface area contributed by atoms with Gasteiger partial charge in [-0.2, -0.15) is 0 Å². The molecule has 0 aromatic heterocycles. The van der Waals surface area contributed by atoms with E-state index in [-0.39, 0.29) is 11.9 Å². The molecule has 1 aromatic rings. The maximum absolute atomic E-state index is 11.7. The minimum Gasteiger partial charge on any atom is -0.494 e. The van der Waals surface area contributed by atoms with E-state index in [4.69, 9.17) is 9.47 Å². The minimum atomic E-state index is -0.0353. The van der Waals surface area contributed by atoms with Crippen molar-refractivity contribution in [1.29, 1.82) is 0 Å². The summed E-state index contributed by atoms with van der Waals surface area (Å²) in [6.07, 6.45) is 1.77. The predicted molar refractivity (Wildman–Crippen MR) is 82.2 cm³/mol. The molecule has 1 heterocycles. The van der Waals surface area contributed by atoms with E-state index in [1.807, 2.05) is 32.0 Å². The Morgan fingerprint density at radius 3 is 2.57 bits per heavy atom. The van der Waals surface area contributed by atoms with E-state index in [1.54, 1.807) is 0 Å². The maximum Gasteiger partial charge on any atom is 0.309 e. The molecule has 1 aliphatic rings. The summed E-state index contributed by atoms with van der Waals surface area (Å²) in [5.74, 6) is 1.00. The standard InChI is InChI=1S/C17H25NO3/c1-3-20-16-8-6-5-7-15(16)13-18-11-9-14(10-12-18)17(19)21-4-2/h5-8,14H,3-4,9-13H2,1-2H3. The molecule has 2 rings (SSSR count). The fraction of sp³-hybridized carbons (Fsp3) is 0.588. The molecule has 1 saturated heterocycles. The lowest BCUT2D eigenvalue weighted by atomic mass is 9.96. The molecule has 4 nitrogen and oxygen atoms in total. The van der Waals surface area contributed by atoms with Gasteiger partial charge in [0, 0.05) is 12.1 Å². The Morgan fingerprint density at radius 1 is 1.19 bits per heavy atom. The van der Waals surface area contributed by atoms with Crippen LogP contribution in [0, 0.1) is 5.92 Å². The lowest BCUT2D eigenvalue weighted by Gasteiger charge is -2.31. The molecule has 0 aliphatic carbocycles. The second-order valence-corrected chi connectivity index (χ2v) is 5.34. The highest BCUT2D eigenvalue weighted by Crippen LogP contribution is 2.24. The maximum atomic E-state index is 11.7. The number of carbonyl (C=O) groups excluding carboxylic acids is 1. The Labute approximate surface area is 127 Å². The molecule has 4 heteroatoms. The highest BCUT2D eigenvalue weighted by Gasteiger charge is 2.26. The fourth-order valence-electron chi connectivity index (χ4n) is 2.76. The number of rotatable bonds is 6. The van der Waals surface area contributed by atoms with Crippen LogP contribution in [0.2, 0.25) is 0 Å². The largest absolute Gasteiger partial charge is 0.494 e. The van der Waals surface area contributed by atoms with Gasteiger partial charge in [0.15, 0.2) is 0 Å². The van der Waals surface area contributed by atoms with Crippen molar-refractivity contribution in [3.05, 3.63) is 29.8 Å². The summed E-state index contributed by atoms with van der Waals surface area (Å²) in [5.41, 5.74) is 1.22. The van der Waals surface area contributed by atoms with E-state index < -0.39 is 0 Å². The number of piperidine rings is 1. The molecule has 116 valence electrons. The average Bonchev–Trinajstić information content (AvgIpc) is 2.50. The fourth-order valence-corrected chi connectivity index (χ4v) is 2.76. The van der Waals surface area contributed by atoms with Crippen molar-refractivity contribution in [3.63, 3.8) is 0 Å². The van der Waals surface area contributed by atoms with E-state index in [1.165, 1.54) is 5.56 Å². The Balaban J connectivity index is 1.87. The smallest absolute Gasteiger partial charge is 0.309 e. The van der Waals surface area contributed by atoms with E-state index in [2.05, 4.69) is 11.0 Å². The summed E-state index contributed by atoms with van der Waals surface area (Å²) < 4.78 is 10.8. The van der Waals surface area contributed by atoms with Gasteiger partial charge in [-0.05, 0) is 45.8 Å². The van der Waals surface area contributed by atoms with Crippen LogP contribution in [0.4, 0.5) is 0 Å². The van der Waals surface area contributed by atoms with Crippen LogP contribution in [0.15, 0.2) is 24.3 Å². The van der Waals surface area contributed by atoms with Gasteiger partial charge in [-0.15, -0.1) is 0 Å². The van der Waals surface area contributed by atoms with Crippen molar-refractivity contribution in [2.75, 3.05) is 26.3 Å². The van der Waals surface area contributed by atoms with Gasteiger partial charge in [-0.1, -0.05) is 18.2 Å². The first kappa shape index (κ1) is 15.8. The van der Waals surface area contributed by atoms with Gasteiger partial charge in [0.2, 0.25) is 0 Å². The molecule has 0 saturated carbocycles. The van der Waals surface area contributed by atoms with E-state index >= 15 is 0 Å². The van der Waals surface area contributed by atoms with Crippen LogP contribution in [-0.4, -0.2) is 37.2 Å². The lowest BCUT2D eigenvalue weighted by Crippen LogP contribution is -2.36. The normalized spacial score (nSPS) is 16.7. The highest BCUT2D eigenvalue weighted by molar-refractivity contribution is 5.72. The van der Waals surface area contributed by atoms with Crippen LogP contribution in [-0.2, 0) is 16.1 Å². The number of para-hydroxylation sites is 1. The number of likely N-dealkylation sites (tertiary alicyclic amines) is 1. The van der Waals surface area contributed by atoms with Crippen molar-refractivity contribution < 1.29 is 14.3 Å². The number of hydrogen-bond donors (Lipinski definition) is 0. The molecule has 0 bridgehead atoms. The van der Waals surface area contributed by atoms with Crippen molar-refractivity contribution in [1.82, 2.24) is 4.90 Å². The molecule has 1 fully saturated rings.